The summed E-state index contributed by atoms with van der Waals surface area (Å²) in [6.07, 6.45) is 19.0. The summed E-state index contributed by atoms with van der Waals surface area (Å²) in [6.45, 7) is 15.3. The van der Waals surface area contributed by atoms with Gasteiger partial charge in [0.1, 0.15) is 0 Å². The molecule has 1 fully saturated rings. The molecule has 0 bridgehead atoms. The molecule has 0 saturated carbocycles. The molecule has 0 unspecified atom stereocenters. The van der Waals surface area contributed by atoms with Crippen molar-refractivity contribution in [1.29, 1.82) is 0 Å². The molecule has 174 valence electrons. The second-order valence-corrected chi connectivity index (χ2v) is 11.1. The Morgan fingerprint density at radius 2 is 1.48 bits per heavy atom. The largest absolute Gasteiger partial charge is 0.352 e. The first-order valence-electron chi connectivity index (χ1n) is 12.6. The highest BCUT2D eigenvalue weighted by Gasteiger charge is 2.45. The third-order valence-corrected chi connectivity index (χ3v) is 7.86. The summed E-state index contributed by atoms with van der Waals surface area (Å²) in [7, 11) is 0. The van der Waals surface area contributed by atoms with E-state index in [1.54, 1.807) is 11.1 Å². The highest BCUT2D eigenvalue weighted by atomic mass is 16.7. The van der Waals surface area contributed by atoms with E-state index in [0.29, 0.717) is 17.8 Å². The summed E-state index contributed by atoms with van der Waals surface area (Å²) in [5.74, 6) is 1.76. The first-order chi connectivity index (χ1) is 14.8. The first kappa shape index (κ1) is 24.5. The number of ether oxygens (including phenoxy) is 2. The molecule has 2 nitrogen and oxygen atoms in total. The zero-order valence-electron chi connectivity index (χ0n) is 21.0. The highest BCUT2D eigenvalue weighted by molar-refractivity contribution is 5.14. The topological polar surface area (TPSA) is 18.5 Å². The van der Waals surface area contributed by atoms with Crippen LogP contribution in [0.25, 0.3) is 0 Å². The average Bonchev–Trinajstić information content (AvgIpc) is 2.71. The first-order valence-corrected chi connectivity index (χ1v) is 12.6. The molecule has 2 aliphatic carbocycles. The van der Waals surface area contributed by atoms with E-state index < -0.39 is 0 Å². The minimum Gasteiger partial charge on any atom is -0.352 e. The van der Waals surface area contributed by atoms with Crippen LogP contribution in [-0.4, -0.2) is 19.5 Å². The molecule has 3 atom stereocenters. The molecule has 0 aromatic rings. The predicted octanol–water partition coefficient (Wildman–Crippen LogP) is 8.17. The van der Waals surface area contributed by atoms with E-state index in [-0.39, 0.29) is 11.7 Å². The van der Waals surface area contributed by atoms with E-state index in [4.69, 9.17) is 9.47 Å². The lowest BCUT2D eigenvalue weighted by Gasteiger charge is -2.48. The fourth-order valence-corrected chi connectivity index (χ4v) is 5.54. The molecule has 0 radical (unpaired) electrons. The minimum absolute atomic E-state index is 0.0218. The van der Waals surface area contributed by atoms with Crippen molar-refractivity contribution in [3.63, 3.8) is 0 Å². The van der Waals surface area contributed by atoms with Crippen LogP contribution >= 0.6 is 0 Å². The molecular formula is C29H46O2. The van der Waals surface area contributed by atoms with Gasteiger partial charge in [-0.1, -0.05) is 60.4 Å². The molecule has 31 heavy (non-hydrogen) atoms. The van der Waals surface area contributed by atoms with Gasteiger partial charge in [-0.3, -0.25) is 0 Å². The monoisotopic (exact) mass is 426 g/mol. The second kappa shape index (κ2) is 11.1. The molecule has 0 amide bonds. The molecular weight excluding hydrogens is 380 g/mol. The van der Waals surface area contributed by atoms with Crippen molar-refractivity contribution in [2.75, 3.05) is 13.2 Å². The highest BCUT2D eigenvalue weighted by Crippen LogP contribution is 2.46. The van der Waals surface area contributed by atoms with Gasteiger partial charge < -0.3 is 9.47 Å². The van der Waals surface area contributed by atoms with Crippen molar-refractivity contribution in [3.05, 3.63) is 46.6 Å². The molecule has 0 aromatic carbocycles. The summed E-state index contributed by atoms with van der Waals surface area (Å²) in [5.41, 5.74) is 6.28. The zero-order chi connectivity index (χ0) is 22.4. The van der Waals surface area contributed by atoms with Crippen LogP contribution in [-0.2, 0) is 9.47 Å². The summed E-state index contributed by atoms with van der Waals surface area (Å²) < 4.78 is 12.9. The van der Waals surface area contributed by atoms with Crippen LogP contribution in [0.3, 0.4) is 0 Å². The Balaban J connectivity index is 1.50. The standard InChI is InChI=1S/C29H46O2/c1-21(2)9-7-11-25-13-14-27(23(5)17-25)28-30-19-29(20-31-28)16-15-26(18-24(29)6)12-8-10-22(3)4/h9-10,13,15,23-24,27-28H,7-8,11-12,14,16-20H2,1-6H3/t23-,24-,27-,28?,29?/m0/s1. The summed E-state index contributed by atoms with van der Waals surface area (Å²) in [6, 6.07) is 0. The van der Waals surface area contributed by atoms with Crippen molar-refractivity contribution in [1.82, 2.24) is 0 Å². The van der Waals surface area contributed by atoms with E-state index in [9.17, 15) is 0 Å². The molecule has 0 aromatic heterocycles. The van der Waals surface area contributed by atoms with Crippen molar-refractivity contribution >= 4 is 0 Å². The predicted molar refractivity (Wildman–Crippen MR) is 132 cm³/mol. The van der Waals surface area contributed by atoms with Crippen molar-refractivity contribution < 1.29 is 9.47 Å². The Morgan fingerprint density at radius 1 is 0.903 bits per heavy atom. The SMILES string of the molecule is CC(C)=CCCC1=CC[C@H](C2OCC3(CC=C(CCC=C(C)C)C[C@@H]3C)CO2)[C@@H](C)C1. The fraction of sp³-hybridized carbons (Fsp3) is 0.724. The molecule has 1 saturated heterocycles. The van der Waals surface area contributed by atoms with E-state index in [1.165, 1.54) is 49.7 Å². The normalized spacial score (nSPS) is 33.5. The molecule has 3 rings (SSSR count). The summed E-state index contributed by atoms with van der Waals surface area (Å²) in [5, 5.41) is 0. The second-order valence-electron chi connectivity index (χ2n) is 11.1. The van der Waals surface area contributed by atoms with Gasteiger partial charge in [-0.15, -0.1) is 0 Å². The maximum atomic E-state index is 6.45. The molecule has 1 aliphatic heterocycles. The third kappa shape index (κ3) is 6.68. The Labute approximate surface area is 191 Å². The van der Waals surface area contributed by atoms with Crippen LogP contribution in [0.5, 0.6) is 0 Å². The number of rotatable bonds is 7. The smallest absolute Gasteiger partial charge is 0.160 e. The Hall–Kier alpha value is -1.12. The lowest BCUT2D eigenvalue weighted by molar-refractivity contribution is -0.265. The average molecular weight is 427 g/mol. The minimum atomic E-state index is -0.0218. The van der Waals surface area contributed by atoms with Gasteiger partial charge in [0.25, 0.3) is 0 Å². The van der Waals surface area contributed by atoms with Gasteiger partial charge in [-0.05, 0) is 90.9 Å². The van der Waals surface area contributed by atoms with Gasteiger partial charge in [0.2, 0.25) is 0 Å². The van der Waals surface area contributed by atoms with Gasteiger partial charge in [-0.25, -0.2) is 0 Å². The Bertz CT molecular complexity index is 707. The maximum Gasteiger partial charge on any atom is 0.160 e. The van der Waals surface area contributed by atoms with Gasteiger partial charge in [0, 0.05) is 11.3 Å². The van der Waals surface area contributed by atoms with E-state index >= 15 is 0 Å². The van der Waals surface area contributed by atoms with E-state index in [1.807, 2.05) is 0 Å². The molecule has 2 heteroatoms. The lowest BCUT2D eigenvalue weighted by atomic mass is 9.67. The number of hydrogen-bond acceptors (Lipinski definition) is 2. The van der Waals surface area contributed by atoms with Crippen LogP contribution in [0.15, 0.2) is 46.6 Å². The van der Waals surface area contributed by atoms with Crippen molar-refractivity contribution in [2.45, 2.75) is 99.2 Å². The van der Waals surface area contributed by atoms with Crippen LogP contribution in [0.4, 0.5) is 0 Å². The Morgan fingerprint density at radius 3 is 2.00 bits per heavy atom. The van der Waals surface area contributed by atoms with Gasteiger partial charge in [0.15, 0.2) is 6.29 Å². The Kier molecular flexibility index (Phi) is 8.82. The molecule has 0 N–H and O–H groups in total. The lowest BCUT2D eigenvalue weighted by Crippen LogP contribution is -2.49. The van der Waals surface area contributed by atoms with E-state index in [2.05, 4.69) is 65.8 Å². The fourth-order valence-electron chi connectivity index (χ4n) is 5.54. The van der Waals surface area contributed by atoms with E-state index in [0.717, 1.165) is 26.1 Å². The molecule has 1 spiro atoms. The molecule has 3 aliphatic rings. The van der Waals surface area contributed by atoms with Gasteiger partial charge in [0.05, 0.1) is 13.2 Å². The third-order valence-electron chi connectivity index (χ3n) is 7.86. The van der Waals surface area contributed by atoms with Crippen LogP contribution in [0.1, 0.15) is 92.9 Å². The zero-order valence-corrected chi connectivity index (χ0v) is 21.0. The number of allylic oxidation sites excluding steroid dienone is 8. The summed E-state index contributed by atoms with van der Waals surface area (Å²) >= 11 is 0. The van der Waals surface area contributed by atoms with Crippen molar-refractivity contribution in [3.8, 4) is 0 Å². The quantitative estimate of drug-likeness (QED) is 0.382. The maximum absolute atomic E-state index is 6.45. The van der Waals surface area contributed by atoms with Crippen LogP contribution < -0.4 is 0 Å². The van der Waals surface area contributed by atoms with Gasteiger partial charge >= 0.3 is 0 Å². The van der Waals surface area contributed by atoms with Crippen molar-refractivity contribution in [2.24, 2.45) is 23.2 Å². The number of hydrogen-bond donors (Lipinski definition) is 0. The summed E-state index contributed by atoms with van der Waals surface area (Å²) in [4.78, 5) is 0. The van der Waals surface area contributed by atoms with Crippen LogP contribution in [0.2, 0.25) is 0 Å². The molecule has 1 heterocycles. The van der Waals surface area contributed by atoms with Gasteiger partial charge in [-0.2, -0.15) is 0 Å². The van der Waals surface area contributed by atoms with Crippen LogP contribution in [0, 0.1) is 23.2 Å².